The van der Waals surface area contributed by atoms with Gasteiger partial charge >= 0.3 is 0 Å². The number of anilines is 1. The number of amides is 1. The molecule has 156 valence electrons. The Hall–Kier alpha value is -1.94. The number of hydrogen-bond acceptors (Lipinski definition) is 5. The molecule has 1 amide bonds. The summed E-state index contributed by atoms with van der Waals surface area (Å²) in [5.41, 5.74) is 2.02. The first kappa shape index (κ1) is 21.8. The molecular weight excluding hydrogens is 460 g/mol. The predicted molar refractivity (Wildman–Crippen MR) is 114 cm³/mol. The van der Waals surface area contributed by atoms with Gasteiger partial charge in [-0.25, -0.2) is 13.1 Å². The second-order valence-electron chi connectivity index (χ2n) is 6.74. The molecule has 0 aliphatic carbocycles. The lowest BCUT2D eigenvalue weighted by Crippen LogP contribution is -2.39. The minimum absolute atomic E-state index is 0.0566. The lowest BCUT2D eigenvalue weighted by atomic mass is 10.1. The van der Waals surface area contributed by atoms with Crippen molar-refractivity contribution in [2.75, 3.05) is 31.8 Å². The topological polar surface area (TPSA) is 84.9 Å². The van der Waals surface area contributed by atoms with Gasteiger partial charge in [-0.1, -0.05) is 15.9 Å². The highest BCUT2D eigenvalue weighted by molar-refractivity contribution is 9.10. The van der Waals surface area contributed by atoms with E-state index in [1.165, 1.54) is 31.4 Å². The van der Waals surface area contributed by atoms with Crippen LogP contribution in [0, 0.1) is 0 Å². The van der Waals surface area contributed by atoms with Crippen molar-refractivity contribution in [2.24, 2.45) is 0 Å². The summed E-state index contributed by atoms with van der Waals surface area (Å²) < 4.78 is 38.2. The summed E-state index contributed by atoms with van der Waals surface area (Å²) in [6, 6.07) is 11.9. The third-order valence-electron chi connectivity index (χ3n) is 4.62. The van der Waals surface area contributed by atoms with Crippen LogP contribution in [0.3, 0.4) is 0 Å². The summed E-state index contributed by atoms with van der Waals surface area (Å²) in [5, 5.41) is 0. The van der Waals surface area contributed by atoms with Gasteiger partial charge in [0.05, 0.1) is 11.5 Å². The van der Waals surface area contributed by atoms with E-state index >= 15 is 0 Å². The molecule has 0 spiro atoms. The van der Waals surface area contributed by atoms with E-state index in [9.17, 15) is 13.2 Å². The molecule has 0 aromatic heterocycles. The number of methoxy groups -OCH3 is 1. The number of fused-ring (bicyclic) bond motifs is 1. The van der Waals surface area contributed by atoms with Crippen LogP contribution in [0.15, 0.2) is 51.8 Å². The molecule has 1 N–H and O–H groups in total. The van der Waals surface area contributed by atoms with E-state index in [0.717, 1.165) is 22.1 Å². The molecule has 0 bridgehead atoms. The summed E-state index contributed by atoms with van der Waals surface area (Å²) in [6.45, 7) is 2.36. The van der Waals surface area contributed by atoms with Crippen molar-refractivity contribution in [2.45, 2.75) is 24.3 Å². The Balaban J connectivity index is 1.61. The smallest absolute Gasteiger partial charge is 0.265 e. The second kappa shape index (κ2) is 9.25. The molecule has 2 aromatic rings. The van der Waals surface area contributed by atoms with E-state index in [-0.39, 0.29) is 36.6 Å². The Morgan fingerprint density at radius 1 is 1.24 bits per heavy atom. The van der Waals surface area contributed by atoms with Gasteiger partial charge in [0, 0.05) is 29.9 Å². The van der Waals surface area contributed by atoms with Gasteiger partial charge in [0.25, 0.3) is 5.91 Å². The van der Waals surface area contributed by atoms with Crippen molar-refractivity contribution in [1.29, 1.82) is 0 Å². The molecule has 3 rings (SSSR count). The van der Waals surface area contributed by atoms with E-state index in [0.29, 0.717) is 5.75 Å². The molecule has 1 atom stereocenters. The summed E-state index contributed by atoms with van der Waals surface area (Å²) >= 11 is 3.46. The SMILES string of the molecule is COCCNS(=O)(=O)c1ccc(OCC(=O)N2c3ccc(Br)cc3CC2C)cc1. The van der Waals surface area contributed by atoms with Gasteiger partial charge in [-0.3, -0.25) is 4.79 Å². The Morgan fingerprint density at radius 3 is 2.66 bits per heavy atom. The Morgan fingerprint density at radius 2 is 1.97 bits per heavy atom. The molecular formula is C20H23BrN2O5S. The standard InChI is InChI=1S/C20H23BrN2O5S/c1-14-11-15-12-16(21)3-8-19(15)23(14)20(24)13-28-17-4-6-18(7-5-17)29(25,26)22-9-10-27-2/h3-8,12,14,22H,9-11,13H2,1-2H3. The van der Waals surface area contributed by atoms with Crippen molar-refractivity contribution in [3.05, 3.63) is 52.5 Å². The molecule has 7 nitrogen and oxygen atoms in total. The summed E-state index contributed by atoms with van der Waals surface area (Å²) in [4.78, 5) is 14.6. The predicted octanol–water partition coefficient (Wildman–Crippen LogP) is 2.73. The maximum absolute atomic E-state index is 12.7. The van der Waals surface area contributed by atoms with Crippen LogP contribution in [-0.2, 0) is 26.0 Å². The lowest BCUT2D eigenvalue weighted by molar-refractivity contribution is -0.120. The summed E-state index contributed by atoms with van der Waals surface area (Å²) in [6.07, 6.45) is 0.795. The van der Waals surface area contributed by atoms with E-state index in [1.54, 1.807) is 4.90 Å². The number of rotatable bonds is 8. The number of carbonyl (C=O) groups excluding carboxylic acids is 1. The highest BCUT2D eigenvalue weighted by Crippen LogP contribution is 2.34. The quantitative estimate of drug-likeness (QED) is 0.584. The summed E-state index contributed by atoms with van der Waals surface area (Å²) in [7, 11) is -2.10. The van der Waals surface area contributed by atoms with Crippen LogP contribution in [0.4, 0.5) is 5.69 Å². The van der Waals surface area contributed by atoms with E-state index in [1.807, 2.05) is 25.1 Å². The molecule has 9 heteroatoms. The van der Waals surface area contributed by atoms with Crippen LogP contribution in [0.2, 0.25) is 0 Å². The Labute approximate surface area is 179 Å². The van der Waals surface area contributed by atoms with Crippen LogP contribution in [-0.4, -0.2) is 47.2 Å². The monoisotopic (exact) mass is 482 g/mol. The molecule has 1 aliphatic heterocycles. The summed E-state index contributed by atoms with van der Waals surface area (Å²) in [5.74, 6) is 0.286. The highest BCUT2D eigenvalue weighted by atomic mass is 79.9. The zero-order valence-corrected chi connectivity index (χ0v) is 18.6. The minimum atomic E-state index is -3.60. The van der Waals surface area contributed by atoms with Crippen molar-refractivity contribution in [1.82, 2.24) is 4.72 Å². The molecule has 1 heterocycles. The van der Waals surface area contributed by atoms with Gasteiger partial charge in [-0.15, -0.1) is 0 Å². The molecule has 0 fully saturated rings. The van der Waals surface area contributed by atoms with Gasteiger partial charge in [0.1, 0.15) is 5.75 Å². The van der Waals surface area contributed by atoms with Crippen molar-refractivity contribution in [3.63, 3.8) is 0 Å². The van der Waals surface area contributed by atoms with Gasteiger partial charge in [-0.05, 0) is 61.4 Å². The largest absolute Gasteiger partial charge is 0.484 e. The fourth-order valence-corrected chi connectivity index (χ4v) is 4.69. The number of carbonyl (C=O) groups is 1. The number of nitrogens with zero attached hydrogens (tertiary/aromatic N) is 1. The molecule has 2 aromatic carbocycles. The number of hydrogen-bond donors (Lipinski definition) is 1. The number of benzene rings is 2. The van der Waals surface area contributed by atoms with E-state index in [2.05, 4.69) is 20.7 Å². The first-order chi connectivity index (χ1) is 13.8. The number of nitrogens with one attached hydrogen (secondary N) is 1. The average Bonchev–Trinajstić information content (AvgIpc) is 3.01. The second-order valence-corrected chi connectivity index (χ2v) is 9.42. The lowest BCUT2D eigenvalue weighted by Gasteiger charge is -2.22. The molecule has 0 saturated heterocycles. The Kier molecular flexibility index (Phi) is 6.94. The third kappa shape index (κ3) is 5.16. The number of ether oxygens (including phenoxy) is 2. The van der Waals surface area contributed by atoms with Crippen molar-refractivity contribution < 1.29 is 22.7 Å². The van der Waals surface area contributed by atoms with Crippen LogP contribution in [0.1, 0.15) is 12.5 Å². The first-order valence-electron chi connectivity index (χ1n) is 9.14. The minimum Gasteiger partial charge on any atom is -0.484 e. The van der Waals surface area contributed by atoms with Crippen molar-refractivity contribution in [3.8, 4) is 5.75 Å². The van der Waals surface area contributed by atoms with Crippen molar-refractivity contribution >= 4 is 37.5 Å². The average molecular weight is 483 g/mol. The van der Waals surface area contributed by atoms with Gasteiger partial charge < -0.3 is 14.4 Å². The van der Waals surface area contributed by atoms with E-state index < -0.39 is 10.0 Å². The molecule has 29 heavy (non-hydrogen) atoms. The Bertz CT molecular complexity index is 979. The van der Waals surface area contributed by atoms with Crippen LogP contribution in [0.25, 0.3) is 0 Å². The normalized spacial score (nSPS) is 16.0. The zero-order chi connectivity index (χ0) is 21.0. The van der Waals surface area contributed by atoms with Gasteiger partial charge in [0.2, 0.25) is 10.0 Å². The molecule has 0 saturated carbocycles. The fourth-order valence-electron chi connectivity index (χ4n) is 3.27. The van der Waals surface area contributed by atoms with E-state index in [4.69, 9.17) is 9.47 Å². The van der Waals surface area contributed by atoms with Crippen LogP contribution < -0.4 is 14.4 Å². The van der Waals surface area contributed by atoms with Crippen LogP contribution in [0.5, 0.6) is 5.75 Å². The third-order valence-corrected chi connectivity index (χ3v) is 6.59. The number of halogens is 1. The van der Waals surface area contributed by atoms with Gasteiger partial charge in [0.15, 0.2) is 6.61 Å². The van der Waals surface area contributed by atoms with Gasteiger partial charge in [-0.2, -0.15) is 0 Å². The molecule has 1 aliphatic rings. The molecule has 0 radical (unpaired) electrons. The maximum atomic E-state index is 12.7. The molecule has 1 unspecified atom stereocenters. The number of sulfonamides is 1. The fraction of sp³-hybridized carbons (Fsp3) is 0.350. The first-order valence-corrected chi connectivity index (χ1v) is 11.4. The maximum Gasteiger partial charge on any atom is 0.265 e. The van der Waals surface area contributed by atoms with Crippen LogP contribution >= 0.6 is 15.9 Å². The highest BCUT2D eigenvalue weighted by Gasteiger charge is 2.31. The zero-order valence-electron chi connectivity index (χ0n) is 16.2.